The van der Waals surface area contributed by atoms with E-state index < -0.39 is 0 Å². The average Bonchev–Trinajstić information content (AvgIpc) is 3.03. The minimum Gasteiger partial charge on any atom is -0.489 e. The van der Waals surface area contributed by atoms with Crippen LogP contribution in [0.15, 0.2) is 36.7 Å². The van der Waals surface area contributed by atoms with E-state index in [0.29, 0.717) is 34.9 Å². The molecule has 3 heterocycles. The molecule has 0 radical (unpaired) electrons. The van der Waals surface area contributed by atoms with Crippen LogP contribution in [0.3, 0.4) is 0 Å². The van der Waals surface area contributed by atoms with Gasteiger partial charge in [0.2, 0.25) is 0 Å². The number of nitrogens with zero attached hydrogens (tertiary/aromatic N) is 3. The number of halogens is 1. The first-order valence-electron chi connectivity index (χ1n) is 8.36. The number of hydrogen-bond acceptors (Lipinski definition) is 5. The maximum atomic E-state index is 13.8. The van der Waals surface area contributed by atoms with Crippen molar-refractivity contribution in [3.63, 3.8) is 0 Å². The summed E-state index contributed by atoms with van der Waals surface area (Å²) < 4.78 is 21.3. The predicted octanol–water partition coefficient (Wildman–Crippen LogP) is 2.55. The van der Waals surface area contributed by atoms with Gasteiger partial charge in [0.1, 0.15) is 29.1 Å². The molecule has 1 aliphatic heterocycles. The zero-order valence-electron chi connectivity index (χ0n) is 14.4. The largest absolute Gasteiger partial charge is 0.489 e. The molecule has 2 atom stereocenters. The van der Waals surface area contributed by atoms with Gasteiger partial charge in [0.25, 0.3) is 5.91 Å². The number of rotatable bonds is 0. The SMILES string of the molecule is CC1CNC(=O)c2cnn3ccc(nc23)N[C@H](C)c2cc(F)ccc2O1. The minimum absolute atomic E-state index is 0.251. The molecule has 2 N–H and O–H groups in total. The predicted molar refractivity (Wildman–Crippen MR) is 93.8 cm³/mol. The standard InChI is InChI=1S/C18H18FN5O2/c1-10-8-20-18(25)14-9-21-24-6-5-16(23-17(14)24)22-11(2)13-7-12(19)3-4-15(13)26-10/h3-7,9-11H,8H2,1-2H3,(H,20,25)(H,22,23)/t10?,11-/m1/s1. The lowest BCUT2D eigenvalue weighted by atomic mass is 10.1. The molecule has 4 rings (SSSR count). The molecule has 26 heavy (non-hydrogen) atoms. The molecule has 1 amide bonds. The topological polar surface area (TPSA) is 80.6 Å². The Hall–Kier alpha value is -3.16. The van der Waals surface area contributed by atoms with E-state index in [0.717, 1.165) is 0 Å². The lowest BCUT2D eigenvalue weighted by molar-refractivity contribution is 0.0933. The number of fused-ring (bicyclic) bond motifs is 2. The molecule has 8 heteroatoms. The van der Waals surface area contributed by atoms with Gasteiger partial charge in [-0.1, -0.05) is 0 Å². The highest BCUT2D eigenvalue weighted by molar-refractivity contribution is 5.99. The smallest absolute Gasteiger partial charge is 0.256 e. The minimum atomic E-state index is -0.340. The normalized spacial score (nSPS) is 20.2. The first-order valence-corrected chi connectivity index (χ1v) is 8.36. The van der Waals surface area contributed by atoms with Crippen molar-refractivity contribution in [1.82, 2.24) is 19.9 Å². The van der Waals surface area contributed by atoms with Gasteiger partial charge in [-0.2, -0.15) is 5.10 Å². The van der Waals surface area contributed by atoms with Crippen LogP contribution in [0.4, 0.5) is 10.2 Å². The van der Waals surface area contributed by atoms with E-state index in [1.807, 2.05) is 13.8 Å². The summed E-state index contributed by atoms with van der Waals surface area (Å²) in [6, 6.07) is 5.91. The Morgan fingerprint density at radius 3 is 3.00 bits per heavy atom. The molecule has 134 valence electrons. The van der Waals surface area contributed by atoms with Gasteiger partial charge in [0.05, 0.1) is 18.8 Å². The Balaban J connectivity index is 1.82. The number of aromatic nitrogens is 3. The van der Waals surface area contributed by atoms with Crippen LogP contribution < -0.4 is 15.4 Å². The van der Waals surface area contributed by atoms with E-state index in [1.54, 1.807) is 18.3 Å². The second-order valence-electron chi connectivity index (χ2n) is 6.33. The number of amides is 1. The molecule has 1 aliphatic rings. The number of benzene rings is 1. The molecule has 1 aromatic carbocycles. The molecule has 0 saturated carbocycles. The molecule has 0 fully saturated rings. The van der Waals surface area contributed by atoms with Gasteiger partial charge in [-0.25, -0.2) is 13.9 Å². The third-order valence-electron chi connectivity index (χ3n) is 4.29. The molecular weight excluding hydrogens is 337 g/mol. The average molecular weight is 355 g/mol. The number of carbonyl (C=O) groups is 1. The van der Waals surface area contributed by atoms with Crippen LogP contribution in [-0.2, 0) is 0 Å². The van der Waals surface area contributed by atoms with Gasteiger partial charge < -0.3 is 15.4 Å². The van der Waals surface area contributed by atoms with Crippen molar-refractivity contribution < 1.29 is 13.9 Å². The Kier molecular flexibility index (Phi) is 3.95. The summed E-state index contributed by atoms with van der Waals surface area (Å²) in [4.78, 5) is 17.0. The Labute approximate surface area is 149 Å². The first-order chi connectivity index (χ1) is 12.5. The van der Waals surface area contributed by atoms with Crippen LogP contribution in [0.1, 0.15) is 35.8 Å². The maximum absolute atomic E-state index is 13.8. The van der Waals surface area contributed by atoms with Crippen molar-refractivity contribution in [3.05, 3.63) is 53.6 Å². The maximum Gasteiger partial charge on any atom is 0.256 e. The third-order valence-corrected chi connectivity index (χ3v) is 4.29. The van der Waals surface area contributed by atoms with Crippen molar-refractivity contribution in [2.45, 2.75) is 26.0 Å². The Bertz CT molecular complexity index is 987. The van der Waals surface area contributed by atoms with Gasteiger partial charge in [0.15, 0.2) is 5.65 Å². The lowest BCUT2D eigenvalue weighted by Gasteiger charge is -2.21. The fourth-order valence-corrected chi connectivity index (χ4v) is 2.96. The van der Waals surface area contributed by atoms with Crippen molar-refractivity contribution in [2.24, 2.45) is 0 Å². The number of hydrogen-bond donors (Lipinski definition) is 2. The van der Waals surface area contributed by atoms with Crippen LogP contribution in [-0.4, -0.2) is 33.2 Å². The van der Waals surface area contributed by atoms with Crippen molar-refractivity contribution in [3.8, 4) is 5.75 Å². The number of carbonyl (C=O) groups excluding carboxylic acids is 1. The third kappa shape index (κ3) is 2.94. The van der Waals surface area contributed by atoms with Crippen LogP contribution in [0.2, 0.25) is 0 Å². The molecule has 1 unspecified atom stereocenters. The molecule has 0 spiro atoms. The summed E-state index contributed by atoms with van der Waals surface area (Å²) >= 11 is 0. The molecule has 2 aromatic heterocycles. The van der Waals surface area contributed by atoms with E-state index in [2.05, 4.69) is 20.7 Å². The zero-order valence-corrected chi connectivity index (χ0v) is 14.4. The lowest BCUT2D eigenvalue weighted by Crippen LogP contribution is -2.33. The first kappa shape index (κ1) is 16.3. The van der Waals surface area contributed by atoms with E-state index >= 15 is 0 Å². The second-order valence-corrected chi connectivity index (χ2v) is 6.33. The van der Waals surface area contributed by atoms with Crippen LogP contribution >= 0.6 is 0 Å². The summed E-state index contributed by atoms with van der Waals surface area (Å²) in [6.07, 6.45) is 2.91. The highest BCUT2D eigenvalue weighted by Crippen LogP contribution is 2.29. The van der Waals surface area contributed by atoms with Crippen molar-refractivity contribution >= 4 is 17.4 Å². The fourth-order valence-electron chi connectivity index (χ4n) is 2.96. The summed E-state index contributed by atoms with van der Waals surface area (Å²) in [5.41, 5.74) is 1.51. The van der Waals surface area contributed by atoms with E-state index in [9.17, 15) is 9.18 Å². The number of nitrogens with one attached hydrogen (secondary N) is 2. The number of ether oxygens (including phenoxy) is 1. The quantitative estimate of drug-likeness (QED) is 0.648. The molecule has 2 bridgehead atoms. The zero-order chi connectivity index (χ0) is 18.3. The van der Waals surface area contributed by atoms with Crippen molar-refractivity contribution in [1.29, 1.82) is 0 Å². The van der Waals surface area contributed by atoms with Gasteiger partial charge in [-0.3, -0.25) is 4.79 Å². The Morgan fingerprint density at radius 1 is 1.31 bits per heavy atom. The van der Waals surface area contributed by atoms with E-state index in [1.165, 1.54) is 22.8 Å². The monoisotopic (exact) mass is 355 g/mol. The van der Waals surface area contributed by atoms with E-state index in [-0.39, 0.29) is 23.9 Å². The molecule has 3 aromatic rings. The van der Waals surface area contributed by atoms with Gasteiger partial charge in [-0.15, -0.1) is 0 Å². The van der Waals surface area contributed by atoms with Crippen LogP contribution in [0.25, 0.3) is 5.65 Å². The van der Waals surface area contributed by atoms with Crippen molar-refractivity contribution in [2.75, 3.05) is 11.9 Å². The summed E-state index contributed by atoms with van der Waals surface area (Å²) in [5.74, 6) is 0.512. The Morgan fingerprint density at radius 2 is 2.15 bits per heavy atom. The second kappa shape index (κ2) is 6.29. The van der Waals surface area contributed by atoms with E-state index in [4.69, 9.17) is 4.74 Å². The highest BCUT2D eigenvalue weighted by atomic mass is 19.1. The van der Waals surface area contributed by atoms with Crippen LogP contribution in [0, 0.1) is 5.82 Å². The molecule has 7 nitrogen and oxygen atoms in total. The molecule has 0 saturated heterocycles. The number of anilines is 1. The van der Waals surface area contributed by atoms with Gasteiger partial charge >= 0.3 is 0 Å². The van der Waals surface area contributed by atoms with Gasteiger partial charge in [-0.05, 0) is 38.1 Å². The summed E-state index contributed by atoms with van der Waals surface area (Å²) in [6.45, 7) is 4.05. The van der Waals surface area contributed by atoms with Gasteiger partial charge in [0, 0.05) is 11.8 Å². The summed E-state index contributed by atoms with van der Waals surface area (Å²) in [5, 5.41) is 10.2. The molecule has 0 aliphatic carbocycles. The highest BCUT2D eigenvalue weighted by Gasteiger charge is 2.20. The summed E-state index contributed by atoms with van der Waals surface area (Å²) in [7, 11) is 0. The van der Waals surface area contributed by atoms with Crippen LogP contribution in [0.5, 0.6) is 5.75 Å². The fraction of sp³-hybridized carbons (Fsp3) is 0.278. The molecular formula is C18H18FN5O2.